The Morgan fingerprint density at radius 2 is 2.00 bits per heavy atom. The molecule has 5 nitrogen and oxygen atoms in total. The molecule has 2 rings (SSSR count). The van der Waals surface area contributed by atoms with E-state index in [1.165, 1.54) is 6.07 Å². The monoisotopic (exact) mass is 272 g/mol. The van der Waals surface area contributed by atoms with E-state index in [9.17, 15) is 10.1 Å². The van der Waals surface area contributed by atoms with Crippen LogP contribution in [0.15, 0.2) is 48.0 Å². The number of non-ortho nitro benzene ring substituents is 1. The van der Waals surface area contributed by atoms with Crippen molar-refractivity contribution in [1.29, 1.82) is 0 Å². The molecule has 0 radical (unpaired) electrons. The van der Waals surface area contributed by atoms with Crippen LogP contribution in [0.1, 0.15) is 6.92 Å². The number of nitrogens with zero attached hydrogens (tertiary/aromatic N) is 1. The number of nitrogens with two attached hydrogens (primary N) is 1. The molecule has 0 aromatic heterocycles. The SMILES string of the molecule is C/C(=C\CN)COc1ccc([N+](=O)[O-])c2ccccc12. The zero-order valence-electron chi connectivity index (χ0n) is 11.2. The molecule has 0 aliphatic carbocycles. The lowest BCUT2D eigenvalue weighted by Crippen LogP contribution is -2.03. The van der Waals surface area contributed by atoms with Crippen LogP contribution in [0.25, 0.3) is 10.8 Å². The van der Waals surface area contributed by atoms with Gasteiger partial charge in [0, 0.05) is 18.0 Å². The van der Waals surface area contributed by atoms with E-state index >= 15 is 0 Å². The van der Waals surface area contributed by atoms with E-state index in [4.69, 9.17) is 10.5 Å². The van der Waals surface area contributed by atoms with E-state index in [0.29, 0.717) is 24.3 Å². The fraction of sp³-hybridized carbons (Fsp3) is 0.200. The van der Waals surface area contributed by atoms with Gasteiger partial charge < -0.3 is 10.5 Å². The average molecular weight is 272 g/mol. The summed E-state index contributed by atoms with van der Waals surface area (Å²) in [5.41, 5.74) is 6.54. The predicted octanol–water partition coefficient (Wildman–Crippen LogP) is 3.03. The number of fused-ring (bicyclic) bond motifs is 1. The van der Waals surface area contributed by atoms with Crippen molar-refractivity contribution >= 4 is 16.5 Å². The van der Waals surface area contributed by atoms with E-state index < -0.39 is 0 Å². The van der Waals surface area contributed by atoms with Gasteiger partial charge in [-0.15, -0.1) is 0 Å². The third-order valence-corrected chi connectivity index (χ3v) is 2.98. The lowest BCUT2D eigenvalue weighted by Gasteiger charge is -2.10. The molecule has 5 heteroatoms. The van der Waals surface area contributed by atoms with E-state index in [2.05, 4.69) is 0 Å². The van der Waals surface area contributed by atoms with Gasteiger partial charge in [0.2, 0.25) is 0 Å². The molecule has 0 aliphatic rings. The summed E-state index contributed by atoms with van der Waals surface area (Å²) < 4.78 is 5.72. The highest BCUT2D eigenvalue weighted by atomic mass is 16.6. The van der Waals surface area contributed by atoms with Gasteiger partial charge in [-0.05, 0) is 24.6 Å². The zero-order chi connectivity index (χ0) is 14.5. The van der Waals surface area contributed by atoms with Crippen molar-refractivity contribution in [3.05, 3.63) is 58.2 Å². The molecule has 0 heterocycles. The normalized spacial score (nSPS) is 11.6. The van der Waals surface area contributed by atoms with Crippen molar-refractivity contribution in [1.82, 2.24) is 0 Å². The second-order valence-corrected chi connectivity index (χ2v) is 4.46. The molecule has 0 spiro atoms. The highest BCUT2D eigenvalue weighted by Crippen LogP contribution is 2.32. The van der Waals surface area contributed by atoms with Crippen LogP contribution >= 0.6 is 0 Å². The average Bonchev–Trinajstić information content (AvgIpc) is 2.44. The fourth-order valence-electron chi connectivity index (χ4n) is 1.99. The van der Waals surface area contributed by atoms with Gasteiger partial charge in [-0.25, -0.2) is 0 Å². The van der Waals surface area contributed by atoms with Gasteiger partial charge in [0.25, 0.3) is 5.69 Å². The third-order valence-electron chi connectivity index (χ3n) is 2.98. The van der Waals surface area contributed by atoms with Crippen LogP contribution in [0.3, 0.4) is 0 Å². The first kappa shape index (κ1) is 14.0. The molecule has 0 bridgehead atoms. The molecule has 0 saturated carbocycles. The van der Waals surface area contributed by atoms with E-state index in [1.807, 2.05) is 25.1 Å². The number of ether oxygens (including phenoxy) is 1. The second kappa shape index (κ2) is 6.16. The number of rotatable bonds is 5. The predicted molar refractivity (Wildman–Crippen MR) is 78.9 cm³/mol. The Bertz CT molecular complexity index is 665. The summed E-state index contributed by atoms with van der Waals surface area (Å²) in [6.45, 7) is 2.82. The molecular weight excluding hydrogens is 256 g/mol. The smallest absolute Gasteiger partial charge is 0.277 e. The summed E-state index contributed by atoms with van der Waals surface area (Å²) in [7, 11) is 0. The van der Waals surface area contributed by atoms with Gasteiger partial charge in [0.15, 0.2) is 0 Å². The van der Waals surface area contributed by atoms with Crippen molar-refractivity contribution < 1.29 is 9.66 Å². The Labute approximate surface area is 116 Å². The number of benzene rings is 2. The standard InChI is InChI=1S/C15H16N2O3/c1-11(8-9-16)10-20-15-7-6-14(17(18)19)12-4-2-3-5-13(12)15/h2-8H,9-10,16H2,1H3/b11-8+. The van der Waals surface area contributed by atoms with Crippen LogP contribution in [-0.4, -0.2) is 18.1 Å². The Balaban J connectivity index is 2.38. The number of hydrogen-bond donors (Lipinski definition) is 1. The number of nitro benzene ring substituents is 1. The highest BCUT2D eigenvalue weighted by molar-refractivity contribution is 5.95. The molecule has 104 valence electrons. The van der Waals surface area contributed by atoms with Crippen molar-refractivity contribution in [2.24, 2.45) is 5.73 Å². The van der Waals surface area contributed by atoms with Crippen LogP contribution < -0.4 is 10.5 Å². The van der Waals surface area contributed by atoms with Gasteiger partial charge in [0.1, 0.15) is 12.4 Å². The summed E-state index contributed by atoms with van der Waals surface area (Å²) in [6, 6.07) is 10.3. The molecular formula is C15H16N2O3. The van der Waals surface area contributed by atoms with Crippen LogP contribution in [0.5, 0.6) is 5.75 Å². The maximum absolute atomic E-state index is 11.0. The van der Waals surface area contributed by atoms with Crippen molar-refractivity contribution in [2.75, 3.05) is 13.2 Å². The Kier molecular flexibility index (Phi) is 4.32. The fourth-order valence-corrected chi connectivity index (χ4v) is 1.99. The lowest BCUT2D eigenvalue weighted by molar-refractivity contribution is -0.383. The second-order valence-electron chi connectivity index (χ2n) is 4.46. The lowest BCUT2D eigenvalue weighted by atomic mass is 10.1. The first-order valence-corrected chi connectivity index (χ1v) is 6.28. The summed E-state index contributed by atoms with van der Waals surface area (Å²) in [5.74, 6) is 0.635. The van der Waals surface area contributed by atoms with Crippen molar-refractivity contribution in [3.8, 4) is 5.75 Å². The van der Waals surface area contributed by atoms with Gasteiger partial charge in [0.05, 0.1) is 10.3 Å². The van der Waals surface area contributed by atoms with E-state index in [1.54, 1.807) is 18.2 Å². The summed E-state index contributed by atoms with van der Waals surface area (Å²) in [6.07, 6.45) is 1.88. The molecule has 0 aliphatic heterocycles. The molecule has 0 saturated heterocycles. The minimum Gasteiger partial charge on any atom is -0.489 e. The summed E-state index contributed by atoms with van der Waals surface area (Å²) in [5, 5.41) is 12.3. The maximum Gasteiger partial charge on any atom is 0.277 e. The van der Waals surface area contributed by atoms with Crippen LogP contribution in [0.4, 0.5) is 5.69 Å². The molecule has 20 heavy (non-hydrogen) atoms. The maximum atomic E-state index is 11.0. The Morgan fingerprint density at radius 1 is 1.30 bits per heavy atom. The molecule has 0 atom stereocenters. The summed E-state index contributed by atoms with van der Waals surface area (Å²) in [4.78, 5) is 10.6. The van der Waals surface area contributed by atoms with Gasteiger partial charge in [-0.2, -0.15) is 0 Å². The summed E-state index contributed by atoms with van der Waals surface area (Å²) >= 11 is 0. The molecule has 0 unspecified atom stereocenters. The first-order valence-electron chi connectivity index (χ1n) is 6.28. The third kappa shape index (κ3) is 2.95. The van der Waals surface area contributed by atoms with Gasteiger partial charge >= 0.3 is 0 Å². The highest BCUT2D eigenvalue weighted by Gasteiger charge is 2.14. The van der Waals surface area contributed by atoms with E-state index in [0.717, 1.165) is 11.0 Å². The number of hydrogen-bond acceptors (Lipinski definition) is 4. The van der Waals surface area contributed by atoms with Crippen molar-refractivity contribution in [3.63, 3.8) is 0 Å². The Hall–Kier alpha value is -2.40. The largest absolute Gasteiger partial charge is 0.489 e. The minimum absolute atomic E-state index is 0.0853. The number of nitro groups is 1. The van der Waals surface area contributed by atoms with Crippen LogP contribution in [0.2, 0.25) is 0 Å². The first-order chi connectivity index (χ1) is 9.63. The molecule has 2 aromatic carbocycles. The topological polar surface area (TPSA) is 78.4 Å². The van der Waals surface area contributed by atoms with E-state index in [-0.39, 0.29) is 10.6 Å². The molecule has 0 fully saturated rings. The van der Waals surface area contributed by atoms with Crippen molar-refractivity contribution in [2.45, 2.75) is 6.92 Å². The zero-order valence-corrected chi connectivity index (χ0v) is 11.2. The minimum atomic E-state index is -0.383. The quantitative estimate of drug-likeness (QED) is 0.515. The molecule has 2 N–H and O–H groups in total. The van der Waals surface area contributed by atoms with Gasteiger partial charge in [-0.3, -0.25) is 10.1 Å². The molecule has 2 aromatic rings. The molecule has 0 amide bonds. The van der Waals surface area contributed by atoms with Crippen LogP contribution in [0, 0.1) is 10.1 Å². The van der Waals surface area contributed by atoms with Crippen LogP contribution in [-0.2, 0) is 0 Å². The Morgan fingerprint density at radius 3 is 2.65 bits per heavy atom. The van der Waals surface area contributed by atoms with Gasteiger partial charge in [-0.1, -0.05) is 24.3 Å².